The predicted octanol–water partition coefficient (Wildman–Crippen LogP) is 3.45. The molecule has 0 amide bonds. The van der Waals surface area contributed by atoms with E-state index in [1.54, 1.807) is 0 Å². The minimum Gasteiger partial charge on any atom is -0.327 e. The van der Waals surface area contributed by atoms with Gasteiger partial charge in [0, 0.05) is 24.7 Å². The quantitative estimate of drug-likeness (QED) is 0.913. The summed E-state index contributed by atoms with van der Waals surface area (Å²) in [7, 11) is 0. The largest absolute Gasteiger partial charge is 0.327 e. The molecule has 1 aliphatic rings. The van der Waals surface area contributed by atoms with Gasteiger partial charge in [-0.3, -0.25) is 4.68 Å². The van der Waals surface area contributed by atoms with Crippen molar-refractivity contribution in [2.24, 2.45) is 5.73 Å². The molecule has 2 N–H and O–H groups in total. The number of aromatic nitrogens is 2. The monoisotopic (exact) mass is 283 g/mol. The number of benzene rings is 1. The summed E-state index contributed by atoms with van der Waals surface area (Å²) < 4.78 is 2.06. The number of hydrogen-bond donors (Lipinski definition) is 1. The van der Waals surface area contributed by atoms with Gasteiger partial charge in [-0.25, -0.2) is 0 Å². The van der Waals surface area contributed by atoms with E-state index >= 15 is 0 Å². The second kappa shape index (κ2) is 6.02. The van der Waals surface area contributed by atoms with Gasteiger partial charge in [0.15, 0.2) is 0 Å². The van der Waals surface area contributed by atoms with E-state index in [0.29, 0.717) is 12.0 Å². The summed E-state index contributed by atoms with van der Waals surface area (Å²) in [4.78, 5) is 0. The molecule has 0 bridgehead atoms. The Morgan fingerprint density at radius 2 is 2.14 bits per heavy atom. The number of nitrogens with zero attached hydrogens (tertiary/aromatic N) is 2. The van der Waals surface area contributed by atoms with Crippen LogP contribution >= 0.6 is 0 Å². The van der Waals surface area contributed by atoms with Gasteiger partial charge in [0.25, 0.3) is 0 Å². The Balaban J connectivity index is 1.70. The van der Waals surface area contributed by atoms with Crippen molar-refractivity contribution in [3.63, 3.8) is 0 Å². The van der Waals surface area contributed by atoms with Gasteiger partial charge in [0.2, 0.25) is 0 Å². The van der Waals surface area contributed by atoms with Crippen molar-refractivity contribution < 1.29 is 0 Å². The number of rotatable bonds is 5. The van der Waals surface area contributed by atoms with Gasteiger partial charge in [-0.1, -0.05) is 31.2 Å². The highest BCUT2D eigenvalue weighted by Crippen LogP contribution is 2.35. The number of aryl methyl sites for hydroxylation is 1. The van der Waals surface area contributed by atoms with Crippen LogP contribution in [0.3, 0.4) is 0 Å². The third-order valence-electron chi connectivity index (χ3n) is 4.85. The SMILES string of the molecule is CCC(C)n1ccc(CC(N)C2CCc3ccccc32)n1. The summed E-state index contributed by atoms with van der Waals surface area (Å²) in [5.74, 6) is 0.481. The molecule has 1 aromatic carbocycles. The first-order chi connectivity index (χ1) is 10.2. The first-order valence-electron chi connectivity index (χ1n) is 8.06. The molecule has 0 aliphatic heterocycles. The van der Waals surface area contributed by atoms with Gasteiger partial charge in [-0.05, 0) is 49.3 Å². The third kappa shape index (κ3) is 2.88. The van der Waals surface area contributed by atoms with Crippen molar-refractivity contribution in [3.8, 4) is 0 Å². The highest BCUT2D eigenvalue weighted by atomic mass is 15.3. The van der Waals surface area contributed by atoms with Crippen LogP contribution in [0.4, 0.5) is 0 Å². The van der Waals surface area contributed by atoms with Crippen LogP contribution in [0.15, 0.2) is 36.5 Å². The van der Waals surface area contributed by atoms with Crippen LogP contribution in [0.1, 0.15) is 55.5 Å². The predicted molar refractivity (Wildman–Crippen MR) is 86.4 cm³/mol. The summed E-state index contributed by atoms with van der Waals surface area (Å²) in [5.41, 5.74) is 10.5. The maximum Gasteiger partial charge on any atom is 0.0640 e. The zero-order chi connectivity index (χ0) is 14.8. The maximum atomic E-state index is 6.49. The summed E-state index contributed by atoms with van der Waals surface area (Å²) in [5, 5.41) is 4.69. The third-order valence-corrected chi connectivity index (χ3v) is 4.85. The molecule has 0 saturated heterocycles. The van der Waals surface area contributed by atoms with E-state index in [1.165, 1.54) is 17.5 Å². The Hall–Kier alpha value is -1.61. The fraction of sp³-hybridized carbons (Fsp3) is 0.500. The number of hydrogen-bond acceptors (Lipinski definition) is 2. The number of fused-ring (bicyclic) bond motifs is 1. The molecular weight excluding hydrogens is 258 g/mol. The van der Waals surface area contributed by atoms with Crippen LogP contribution in [0, 0.1) is 0 Å². The second-order valence-corrected chi connectivity index (χ2v) is 6.26. The van der Waals surface area contributed by atoms with Crippen LogP contribution in [-0.4, -0.2) is 15.8 Å². The van der Waals surface area contributed by atoms with Gasteiger partial charge < -0.3 is 5.73 Å². The molecule has 2 aromatic rings. The van der Waals surface area contributed by atoms with Crippen molar-refractivity contribution in [3.05, 3.63) is 53.3 Å². The van der Waals surface area contributed by atoms with Crippen molar-refractivity contribution in [2.45, 2.75) is 57.5 Å². The molecule has 0 spiro atoms. The smallest absolute Gasteiger partial charge is 0.0640 e. The first-order valence-corrected chi connectivity index (χ1v) is 8.06. The molecule has 3 rings (SSSR count). The molecule has 0 saturated carbocycles. The molecule has 1 heterocycles. The normalized spacial score (nSPS) is 20.2. The van der Waals surface area contributed by atoms with E-state index in [9.17, 15) is 0 Å². The van der Waals surface area contributed by atoms with E-state index in [0.717, 1.165) is 25.0 Å². The summed E-state index contributed by atoms with van der Waals surface area (Å²) in [6, 6.07) is 11.5. The summed E-state index contributed by atoms with van der Waals surface area (Å²) in [6.07, 6.45) is 6.38. The molecule has 3 heteroatoms. The molecule has 3 unspecified atom stereocenters. The van der Waals surface area contributed by atoms with Crippen molar-refractivity contribution >= 4 is 0 Å². The van der Waals surface area contributed by atoms with Crippen LogP contribution < -0.4 is 5.73 Å². The lowest BCUT2D eigenvalue weighted by Crippen LogP contribution is -2.29. The van der Waals surface area contributed by atoms with Crippen LogP contribution in [0.5, 0.6) is 0 Å². The Labute approximate surface area is 127 Å². The molecule has 3 atom stereocenters. The molecule has 112 valence electrons. The van der Waals surface area contributed by atoms with Crippen LogP contribution in [-0.2, 0) is 12.8 Å². The zero-order valence-corrected chi connectivity index (χ0v) is 13.0. The fourth-order valence-electron chi connectivity index (χ4n) is 3.34. The van der Waals surface area contributed by atoms with Gasteiger partial charge in [0.05, 0.1) is 5.69 Å². The zero-order valence-electron chi connectivity index (χ0n) is 13.0. The molecule has 0 radical (unpaired) electrons. The summed E-state index contributed by atoms with van der Waals surface area (Å²) >= 11 is 0. The van der Waals surface area contributed by atoms with E-state index in [4.69, 9.17) is 5.73 Å². The Morgan fingerprint density at radius 1 is 1.33 bits per heavy atom. The molecule has 21 heavy (non-hydrogen) atoms. The van der Waals surface area contributed by atoms with E-state index in [-0.39, 0.29) is 6.04 Å². The van der Waals surface area contributed by atoms with Crippen LogP contribution in [0.25, 0.3) is 0 Å². The lowest BCUT2D eigenvalue weighted by molar-refractivity contribution is 0.465. The Kier molecular flexibility index (Phi) is 4.11. The minimum atomic E-state index is 0.161. The van der Waals surface area contributed by atoms with Gasteiger partial charge in [-0.15, -0.1) is 0 Å². The van der Waals surface area contributed by atoms with E-state index in [1.807, 2.05) is 0 Å². The molecule has 3 nitrogen and oxygen atoms in total. The first kappa shape index (κ1) is 14.3. The van der Waals surface area contributed by atoms with E-state index in [2.05, 4.69) is 60.2 Å². The second-order valence-electron chi connectivity index (χ2n) is 6.26. The van der Waals surface area contributed by atoms with E-state index < -0.39 is 0 Å². The molecule has 1 aliphatic carbocycles. The molecular formula is C18H25N3. The highest BCUT2D eigenvalue weighted by molar-refractivity contribution is 5.36. The average Bonchev–Trinajstić information content (AvgIpc) is 3.12. The minimum absolute atomic E-state index is 0.161. The summed E-state index contributed by atoms with van der Waals surface area (Å²) in [6.45, 7) is 4.39. The Morgan fingerprint density at radius 3 is 2.95 bits per heavy atom. The van der Waals surface area contributed by atoms with Gasteiger partial charge in [-0.2, -0.15) is 5.10 Å². The molecule has 0 fully saturated rings. The standard InChI is InChI=1S/C18H25N3/c1-3-13(2)21-11-10-15(20-21)12-18(19)17-9-8-14-6-4-5-7-16(14)17/h4-7,10-11,13,17-18H,3,8-9,12,19H2,1-2H3. The fourth-order valence-corrected chi connectivity index (χ4v) is 3.34. The lowest BCUT2D eigenvalue weighted by atomic mass is 9.91. The highest BCUT2D eigenvalue weighted by Gasteiger charge is 2.27. The van der Waals surface area contributed by atoms with Crippen molar-refractivity contribution in [1.82, 2.24) is 9.78 Å². The van der Waals surface area contributed by atoms with Crippen molar-refractivity contribution in [2.75, 3.05) is 0 Å². The van der Waals surface area contributed by atoms with Crippen LogP contribution in [0.2, 0.25) is 0 Å². The van der Waals surface area contributed by atoms with Gasteiger partial charge >= 0.3 is 0 Å². The van der Waals surface area contributed by atoms with Crippen molar-refractivity contribution in [1.29, 1.82) is 0 Å². The number of nitrogens with two attached hydrogens (primary N) is 1. The lowest BCUT2D eigenvalue weighted by Gasteiger charge is -2.19. The molecule has 1 aromatic heterocycles. The van der Waals surface area contributed by atoms with Gasteiger partial charge in [0.1, 0.15) is 0 Å². The maximum absolute atomic E-state index is 6.49. The average molecular weight is 283 g/mol. The Bertz CT molecular complexity index is 602. The topological polar surface area (TPSA) is 43.8 Å².